The van der Waals surface area contributed by atoms with Crippen LogP contribution in [-0.4, -0.2) is 31.1 Å². The Balaban J connectivity index is 2.20. The molecule has 0 aliphatic rings. The highest BCUT2D eigenvalue weighted by molar-refractivity contribution is 9.10. The van der Waals surface area contributed by atoms with E-state index >= 15 is 0 Å². The normalized spacial score (nSPS) is 12.6. The van der Waals surface area contributed by atoms with Crippen LogP contribution >= 0.6 is 15.9 Å². The van der Waals surface area contributed by atoms with E-state index in [1.165, 1.54) is 7.11 Å². The van der Waals surface area contributed by atoms with Gasteiger partial charge in [0, 0.05) is 0 Å². The molecule has 0 spiro atoms. The smallest absolute Gasteiger partial charge is 0.321 e. The van der Waals surface area contributed by atoms with Crippen LogP contribution in [0.15, 0.2) is 36.4 Å². The number of hydrogen-bond donors (Lipinski definition) is 0. The Bertz CT molecular complexity index is 362. The first-order valence-corrected chi connectivity index (χ1v) is 6.17. The van der Waals surface area contributed by atoms with Gasteiger partial charge in [0.2, 0.25) is 0 Å². The Hall–Kier alpha value is -1.13. The topological polar surface area (TPSA) is 35.5 Å². The van der Waals surface area contributed by atoms with E-state index in [1.807, 2.05) is 42.5 Å². The second-order valence-corrected chi connectivity index (χ2v) is 4.45. The van der Waals surface area contributed by atoms with Gasteiger partial charge in [-0.1, -0.05) is 58.4 Å². The third-order valence-electron chi connectivity index (χ3n) is 2.05. The van der Waals surface area contributed by atoms with Gasteiger partial charge >= 0.3 is 5.97 Å². The first kappa shape index (κ1) is 13.9. The molecule has 3 nitrogen and oxygen atoms in total. The van der Waals surface area contributed by atoms with Gasteiger partial charge in [0.05, 0.1) is 20.3 Å². The first-order valence-electron chi connectivity index (χ1n) is 5.25. The van der Waals surface area contributed by atoms with Gasteiger partial charge in [-0.15, -0.1) is 0 Å². The summed E-state index contributed by atoms with van der Waals surface area (Å²) in [5, 5.41) is 0. The molecular weight excluding hydrogens is 284 g/mol. The van der Waals surface area contributed by atoms with Crippen LogP contribution < -0.4 is 0 Å². The summed E-state index contributed by atoms with van der Waals surface area (Å²) in [7, 11) is 1.35. The number of alkyl halides is 1. The molecule has 1 unspecified atom stereocenters. The molecule has 1 atom stereocenters. The molecule has 0 saturated heterocycles. The predicted molar refractivity (Wildman–Crippen MR) is 71.0 cm³/mol. The van der Waals surface area contributed by atoms with Gasteiger partial charge in [0.15, 0.2) is 0 Å². The Morgan fingerprint density at radius 3 is 2.76 bits per heavy atom. The lowest BCUT2D eigenvalue weighted by atomic mass is 10.2. The van der Waals surface area contributed by atoms with Crippen molar-refractivity contribution in [1.82, 2.24) is 0 Å². The molecule has 1 rings (SSSR count). The summed E-state index contributed by atoms with van der Waals surface area (Å²) in [6, 6.07) is 9.95. The fraction of sp³-hybridized carbons (Fsp3) is 0.308. The van der Waals surface area contributed by atoms with Crippen molar-refractivity contribution in [2.45, 2.75) is 4.83 Å². The number of ether oxygens (including phenoxy) is 2. The van der Waals surface area contributed by atoms with E-state index in [2.05, 4.69) is 20.7 Å². The second-order valence-electron chi connectivity index (χ2n) is 3.34. The van der Waals surface area contributed by atoms with Gasteiger partial charge in [0.25, 0.3) is 0 Å². The predicted octanol–water partition coefficient (Wildman–Crippen LogP) is 2.65. The van der Waals surface area contributed by atoms with Crippen molar-refractivity contribution in [2.24, 2.45) is 0 Å². The highest BCUT2D eigenvalue weighted by Crippen LogP contribution is 2.03. The van der Waals surface area contributed by atoms with Crippen molar-refractivity contribution in [3.05, 3.63) is 42.0 Å². The number of halogens is 1. The maximum atomic E-state index is 11.0. The zero-order chi connectivity index (χ0) is 12.5. The number of carbonyl (C=O) groups is 1. The van der Waals surface area contributed by atoms with Crippen LogP contribution in [0.25, 0.3) is 6.08 Å². The summed E-state index contributed by atoms with van der Waals surface area (Å²) >= 11 is 3.18. The molecule has 1 aromatic rings. The maximum Gasteiger partial charge on any atom is 0.321 e. The molecule has 0 bridgehead atoms. The van der Waals surface area contributed by atoms with Crippen molar-refractivity contribution < 1.29 is 14.3 Å². The van der Waals surface area contributed by atoms with E-state index in [9.17, 15) is 4.79 Å². The molecule has 0 amide bonds. The fourth-order valence-corrected chi connectivity index (χ4v) is 1.56. The number of esters is 1. The standard InChI is InChI=1S/C13H15BrO3/c1-16-13(15)12(14)10-17-9-5-8-11-6-3-2-4-7-11/h2-8,12H,9-10H2,1H3/b8-5+. The molecule has 1 aromatic carbocycles. The van der Waals surface area contributed by atoms with Crippen molar-refractivity contribution in [3.63, 3.8) is 0 Å². The van der Waals surface area contributed by atoms with Crippen LogP contribution in [0.3, 0.4) is 0 Å². The fourth-order valence-electron chi connectivity index (χ4n) is 1.18. The number of rotatable bonds is 6. The maximum absolute atomic E-state index is 11.0. The molecule has 0 aromatic heterocycles. The van der Waals surface area contributed by atoms with Crippen LogP contribution in [-0.2, 0) is 14.3 Å². The SMILES string of the molecule is COC(=O)C(Br)COC/C=C/c1ccccc1. The van der Waals surface area contributed by atoms with Gasteiger partial charge in [0.1, 0.15) is 4.83 Å². The molecule has 0 radical (unpaired) electrons. The number of benzene rings is 1. The lowest BCUT2D eigenvalue weighted by Crippen LogP contribution is -2.21. The highest BCUT2D eigenvalue weighted by Gasteiger charge is 2.14. The van der Waals surface area contributed by atoms with E-state index in [0.717, 1.165) is 5.56 Å². The van der Waals surface area contributed by atoms with E-state index in [0.29, 0.717) is 13.2 Å². The van der Waals surface area contributed by atoms with Gasteiger partial charge in [-0.3, -0.25) is 4.79 Å². The lowest BCUT2D eigenvalue weighted by Gasteiger charge is -2.06. The monoisotopic (exact) mass is 298 g/mol. The Morgan fingerprint density at radius 2 is 2.12 bits per heavy atom. The van der Waals surface area contributed by atoms with Gasteiger partial charge in [-0.2, -0.15) is 0 Å². The third-order valence-corrected chi connectivity index (χ3v) is 2.68. The molecule has 0 aliphatic carbocycles. The first-order chi connectivity index (χ1) is 8.24. The number of carbonyl (C=O) groups excluding carboxylic acids is 1. The van der Waals surface area contributed by atoms with E-state index in [1.54, 1.807) is 0 Å². The molecule has 0 N–H and O–H groups in total. The molecule has 4 heteroatoms. The highest BCUT2D eigenvalue weighted by atomic mass is 79.9. The quantitative estimate of drug-likeness (QED) is 0.460. The number of hydrogen-bond acceptors (Lipinski definition) is 3. The third kappa shape index (κ3) is 5.65. The van der Waals surface area contributed by atoms with Gasteiger partial charge in [-0.05, 0) is 5.56 Å². The largest absolute Gasteiger partial charge is 0.468 e. The van der Waals surface area contributed by atoms with Crippen molar-refractivity contribution >= 4 is 28.0 Å². The average Bonchev–Trinajstić information content (AvgIpc) is 2.38. The van der Waals surface area contributed by atoms with Crippen LogP contribution in [0.4, 0.5) is 0 Å². The minimum Gasteiger partial charge on any atom is -0.468 e. The summed E-state index contributed by atoms with van der Waals surface area (Å²) in [5.41, 5.74) is 1.12. The molecule has 92 valence electrons. The molecule has 0 fully saturated rings. The molecule has 0 aliphatic heterocycles. The second kappa shape index (κ2) is 8.03. The Morgan fingerprint density at radius 1 is 1.41 bits per heavy atom. The molecule has 0 saturated carbocycles. The molecule has 17 heavy (non-hydrogen) atoms. The van der Waals surface area contributed by atoms with E-state index < -0.39 is 4.83 Å². The minimum atomic E-state index is -0.405. The zero-order valence-corrected chi connectivity index (χ0v) is 11.2. The molecule has 0 heterocycles. The van der Waals surface area contributed by atoms with Crippen LogP contribution in [0.1, 0.15) is 5.56 Å². The van der Waals surface area contributed by atoms with Crippen molar-refractivity contribution in [2.75, 3.05) is 20.3 Å². The summed E-state index contributed by atoms with van der Waals surface area (Å²) < 4.78 is 9.86. The van der Waals surface area contributed by atoms with Crippen LogP contribution in [0.2, 0.25) is 0 Å². The van der Waals surface area contributed by atoms with Crippen molar-refractivity contribution in [1.29, 1.82) is 0 Å². The summed E-state index contributed by atoms with van der Waals surface area (Å²) in [6.45, 7) is 0.764. The Labute approximate surface area is 110 Å². The van der Waals surface area contributed by atoms with Crippen LogP contribution in [0, 0.1) is 0 Å². The van der Waals surface area contributed by atoms with E-state index in [-0.39, 0.29) is 5.97 Å². The van der Waals surface area contributed by atoms with Crippen molar-refractivity contribution in [3.8, 4) is 0 Å². The lowest BCUT2D eigenvalue weighted by molar-refractivity contribution is -0.140. The average molecular weight is 299 g/mol. The zero-order valence-electron chi connectivity index (χ0n) is 9.64. The minimum absolute atomic E-state index is 0.297. The molecular formula is C13H15BrO3. The summed E-state index contributed by atoms with van der Waals surface area (Å²) in [5.74, 6) is -0.322. The van der Waals surface area contributed by atoms with Gasteiger partial charge in [-0.25, -0.2) is 0 Å². The summed E-state index contributed by atoms with van der Waals surface area (Å²) in [6.07, 6.45) is 3.88. The Kier molecular flexibility index (Phi) is 6.58. The summed E-state index contributed by atoms with van der Waals surface area (Å²) in [4.78, 5) is 10.6. The number of methoxy groups -OCH3 is 1. The van der Waals surface area contributed by atoms with Gasteiger partial charge < -0.3 is 9.47 Å². The van der Waals surface area contributed by atoms with Crippen LogP contribution in [0.5, 0.6) is 0 Å². The van der Waals surface area contributed by atoms with E-state index in [4.69, 9.17) is 4.74 Å².